The van der Waals surface area contributed by atoms with Crippen molar-refractivity contribution < 1.29 is 14.0 Å². The van der Waals surface area contributed by atoms with Gasteiger partial charge in [-0.05, 0) is 75.1 Å². The Balaban J connectivity index is 1.46. The second kappa shape index (κ2) is 9.05. The molecule has 1 saturated carbocycles. The predicted octanol–water partition coefficient (Wildman–Crippen LogP) is 6.32. The monoisotopic (exact) mass is 524 g/mol. The number of hydrogen-bond acceptors (Lipinski definition) is 6. The highest BCUT2D eigenvalue weighted by molar-refractivity contribution is 5.70. The number of rotatable bonds is 6. The van der Waals surface area contributed by atoms with Crippen LogP contribution in [-0.2, 0) is 23.7 Å². The maximum absolute atomic E-state index is 15.3. The molecular weight excluding hydrogens is 491 g/mol. The van der Waals surface area contributed by atoms with Gasteiger partial charge in [0.15, 0.2) is 5.82 Å². The van der Waals surface area contributed by atoms with Gasteiger partial charge in [-0.3, -0.25) is 4.98 Å². The van der Waals surface area contributed by atoms with Gasteiger partial charge in [0.25, 0.3) is 0 Å². The molecule has 7 heteroatoms. The predicted molar refractivity (Wildman–Crippen MR) is 146 cm³/mol. The van der Waals surface area contributed by atoms with Crippen molar-refractivity contribution in [3.63, 3.8) is 0 Å². The smallest absolute Gasteiger partial charge is 0.160 e. The van der Waals surface area contributed by atoms with Gasteiger partial charge in [-0.2, -0.15) is 0 Å². The lowest BCUT2D eigenvalue weighted by Gasteiger charge is -2.53. The zero-order valence-electron chi connectivity index (χ0n) is 22.5. The van der Waals surface area contributed by atoms with Gasteiger partial charge >= 0.3 is 0 Å². The molecule has 200 valence electrons. The molecule has 0 unspecified atom stereocenters. The lowest BCUT2D eigenvalue weighted by Crippen LogP contribution is -2.53. The Morgan fingerprint density at radius 3 is 2.74 bits per heavy atom. The van der Waals surface area contributed by atoms with E-state index in [1.165, 1.54) is 6.07 Å². The van der Waals surface area contributed by atoms with Gasteiger partial charge in [0.2, 0.25) is 0 Å². The first-order chi connectivity index (χ1) is 18.9. The maximum Gasteiger partial charge on any atom is 0.160 e. The van der Waals surface area contributed by atoms with Gasteiger partial charge in [-0.15, -0.1) is 0 Å². The minimum atomic E-state index is -0.333. The van der Waals surface area contributed by atoms with Crippen LogP contribution in [-0.4, -0.2) is 31.8 Å². The number of halogens is 1. The van der Waals surface area contributed by atoms with Crippen molar-refractivity contribution in [2.45, 2.75) is 75.5 Å². The molecular formula is C32H33FN4O2. The molecule has 0 bridgehead atoms. The largest absolute Gasteiger partial charge is 0.396 e. The van der Waals surface area contributed by atoms with E-state index in [1.54, 1.807) is 6.07 Å². The highest BCUT2D eigenvalue weighted by atomic mass is 19.1. The number of aromatic nitrogens is 4. The molecule has 1 fully saturated rings. The van der Waals surface area contributed by atoms with Gasteiger partial charge < -0.3 is 9.63 Å². The van der Waals surface area contributed by atoms with E-state index in [4.69, 9.17) is 14.5 Å². The number of nitrogens with zero attached hydrogens (tertiary/aromatic N) is 4. The van der Waals surface area contributed by atoms with E-state index in [9.17, 15) is 5.11 Å². The lowest BCUT2D eigenvalue weighted by molar-refractivity contribution is 0.0824. The average Bonchev–Trinajstić information content (AvgIpc) is 3.70. The van der Waals surface area contributed by atoms with E-state index < -0.39 is 0 Å². The topological polar surface area (TPSA) is 84.9 Å². The van der Waals surface area contributed by atoms with E-state index in [-0.39, 0.29) is 29.2 Å². The molecule has 0 radical (unpaired) electrons. The standard InChI is InChI=1S/C32H33FN4O2/c1-31(13-5-15-38)26-11-10-23-27(22-6-3-4-7-24(22)33)36-30(20-12-14-34-25(16-20)19-8-9-19)37-28(23)32(26,2)17-21-18-35-39-29(21)31/h3-4,6-7,12,14,16,18-19,26,38H,5,8-11,13,15,17H2,1-2H3/t26-,31-,32-/m1/s1. The number of fused-ring (bicyclic) bond motifs is 4. The fraction of sp³-hybridized carbons (Fsp3) is 0.438. The van der Waals surface area contributed by atoms with E-state index in [2.05, 4.69) is 30.1 Å². The van der Waals surface area contributed by atoms with E-state index in [0.29, 0.717) is 29.4 Å². The van der Waals surface area contributed by atoms with E-state index in [0.717, 1.165) is 72.4 Å². The van der Waals surface area contributed by atoms with Crippen molar-refractivity contribution in [2.24, 2.45) is 5.92 Å². The number of pyridine rings is 1. The number of aliphatic hydroxyl groups is 1. The number of hydrogen-bond donors (Lipinski definition) is 1. The Morgan fingerprint density at radius 2 is 1.95 bits per heavy atom. The van der Waals surface area contributed by atoms with Crippen molar-refractivity contribution in [3.8, 4) is 22.6 Å². The van der Waals surface area contributed by atoms with Gasteiger partial charge in [0.1, 0.15) is 11.6 Å². The molecule has 4 aromatic rings. The summed E-state index contributed by atoms with van der Waals surface area (Å²) in [5.41, 5.74) is 5.69. The summed E-state index contributed by atoms with van der Waals surface area (Å²) in [6, 6.07) is 11.0. The second-order valence-corrected chi connectivity index (χ2v) is 12.1. The zero-order chi connectivity index (χ0) is 26.8. The maximum atomic E-state index is 15.3. The minimum absolute atomic E-state index is 0.133. The quantitative estimate of drug-likeness (QED) is 0.318. The van der Waals surface area contributed by atoms with Crippen LogP contribution < -0.4 is 0 Å². The van der Waals surface area contributed by atoms with Crippen molar-refractivity contribution in [3.05, 3.63) is 82.9 Å². The molecule has 1 aromatic carbocycles. The van der Waals surface area contributed by atoms with Crippen LogP contribution >= 0.6 is 0 Å². The van der Waals surface area contributed by atoms with Crippen molar-refractivity contribution >= 4 is 0 Å². The van der Waals surface area contributed by atoms with E-state index >= 15 is 4.39 Å². The fourth-order valence-corrected chi connectivity index (χ4v) is 7.53. The molecule has 6 nitrogen and oxygen atoms in total. The SMILES string of the molecule is C[C@@]12Cc3cnoc3[C@](C)(CCCO)[C@H]1CCc1c(-c3ccccc3F)nc(-c3ccnc(C4CC4)c3)nc12. The summed E-state index contributed by atoms with van der Waals surface area (Å²) in [5.74, 6) is 2.01. The normalized spacial score (nSPS) is 25.6. The molecule has 1 N–H and O–H groups in total. The molecule has 3 aromatic heterocycles. The van der Waals surface area contributed by atoms with Gasteiger partial charge in [0, 0.05) is 57.5 Å². The molecule has 3 aliphatic rings. The summed E-state index contributed by atoms with van der Waals surface area (Å²) in [4.78, 5) is 15.0. The molecule has 0 amide bonds. The van der Waals surface area contributed by atoms with Gasteiger partial charge in [-0.25, -0.2) is 14.4 Å². The molecule has 3 aliphatic carbocycles. The second-order valence-electron chi connectivity index (χ2n) is 12.1. The van der Waals surface area contributed by atoms with E-state index in [1.807, 2.05) is 30.6 Å². The molecule has 0 spiro atoms. The van der Waals surface area contributed by atoms with Crippen LogP contribution in [0.4, 0.5) is 4.39 Å². The third-order valence-electron chi connectivity index (χ3n) is 9.51. The van der Waals surface area contributed by atoms with Crippen LogP contribution in [0.3, 0.4) is 0 Å². The first-order valence-corrected chi connectivity index (χ1v) is 14.1. The van der Waals surface area contributed by atoms with Gasteiger partial charge in [0.05, 0.1) is 17.6 Å². The average molecular weight is 525 g/mol. The van der Waals surface area contributed by atoms with Crippen molar-refractivity contribution in [1.82, 2.24) is 20.1 Å². The Kier molecular flexibility index (Phi) is 5.70. The van der Waals surface area contributed by atoms with Crippen LogP contribution in [0, 0.1) is 11.7 Å². The summed E-state index contributed by atoms with van der Waals surface area (Å²) in [5, 5.41) is 13.9. The summed E-state index contributed by atoms with van der Waals surface area (Å²) >= 11 is 0. The summed E-state index contributed by atoms with van der Waals surface area (Å²) in [7, 11) is 0. The highest BCUT2D eigenvalue weighted by Gasteiger charge is 2.57. The molecule has 0 saturated heterocycles. The molecule has 3 atom stereocenters. The van der Waals surface area contributed by atoms with Crippen LogP contribution in [0.5, 0.6) is 0 Å². The Morgan fingerprint density at radius 1 is 1.10 bits per heavy atom. The Hall–Kier alpha value is -3.45. The van der Waals surface area contributed by atoms with Crippen LogP contribution in [0.2, 0.25) is 0 Å². The lowest BCUT2D eigenvalue weighted by atomic mass is 9.50. The highest BCUT2D eigenvalue weighted by Crippen LogP contribution is 2.58. The number of aliphatic hydroxyl groups excluding tert-OH is 1. The zero-order valence-corrected chi connectivity index (χ0v) is 22.5. The van der Waals surface area contributed by atoms with Crippen LogP contribution in [0.1, 0.15) is 80.1 Å². The Labute approximate surface area is 227 Å². The minimum Gasteiger partial charge on any atom is -0.396 e. The van der Waals surface area contributed by atoms with Crippen molar-refractivity contribution in [2.75, 3.05) is 6.61 Å². The first-order valence-electron chi connectivity index (χ1n) is 14.1. The molecule has 3 heterocycles. The van der Waals surface area contributed by atoms with Gasteiger partial charge in [-0.1, -0.05) is 31.1 Å². The third-order valence-corrected chi connectivity index (χ3v) is 9.51. The molecule has 0 aliphatic heterocycles. The fourth-order valence-electron chi connectivity index (χ4n) is 7.53. The summed E-state index contributed by atoms with van der Waals surface area (Å²) in [6.45, 7) is 4.69. The molecule has 39 heavy (non-hydrogen) atoms. The van der Waals surface area contributed by atoms with Crippen LogP contribution in [0.25, 0.3) is 22.6 Å². The van der Waals surface area contributed by atoms with Crippen molar-refractivity contribution in [1.29, 1.82) is 0 Å². The third kappa shape index (κ3) is 3.85. The summed E-state index contributed by atoms with van der Waals surface area (Å²) in [6.07, 6.45) is 9.89. The number of benzene rings is 1. The summed E-state index contributed by atoms with van der Waals surface area (Å²) < 4.78 is 21.2. The Bertz CT molecular complexity index is 1560. The molecule has 7 rings (SSSR count). The first kappa shape index (κ1) is 24.6. The van der Waals surface area contributed by atoms with Crippen LogP contribution in [0.15, 0.2) is 53.3 Å².